The standard InChI is InChI=1S/C29H29N5O2S/c1-20-8-10-21(11-9-20)31-26(35)16-19-34-28(27(32-29(34)37)24-6-3-4-17-30-24)25-7-5-18-33(25)22-12-14-23(36-2)15-13-22/h3-15,17-18,27-28H,16,19H2,1-2H3,(H,31,35)(H,32,37)/t27-,28+/m1/s1. The lowest BCUT2D eigenvalue weighted by molar-refractivity contribution is -0.116. The number of pyridine rings is 1. The lowest BCUT2D eigenvalue weighted by atomic mass is 10.0. The van der Waals surface area contributed by atoms with Crippen LogP contribution in [0.25, 0.3) is 5.69 Å². The first kappa shape index (κ1) is 24.5. The minimum Gasteiger partial charge on any atom is -0.497 e. The predicted octanol–water partition coefficient (Wildman–Crippen LogP) is 5.19. The van der Waals surface area contributed by atoms with Gasteiger partial charge in [0, 0.05) is 42.4 Å². The summed E-state index contributed by atoms with van der Waals surface area (Å²) >= 11 is 5.79. The molecule has 0 saturated carbocycles. The van der Waals surface area contributed by atoms with E-state index in [1.807, 2.05) is 85.9 Å². The fourth-order valence-corrected chi connectivity index (χ4v) is 5.00. The van der Waals surface area contributed by atoms with E-state index < -0.39 is 0 Å². The number of methoxy groups -OCH3 is 1. The van der Waals surface area contributed by atoms with Gasteiger partial charge in [-0.15, -0.1) is 0 Å². The summed E-state index contributed by atoms with van der Waals surface area (Å²) < 4.78 is 7.48. The summed E-state index contributed by atoms with van der Waals surface area (Å²) in [5, 5.41) is 7.06. The summed E-state index contributed by atoms with van der Waals surface area (Å²) in [6.07, 6.45) is 4.12. The van der Waals surface area contributed by atoms with E-state index in [2.05, 4.69) is 31.2 Å². The number of anilines is 1. The molecule has 7 nitrogen and oxygen atoms in total. The van der Waals surface area contributed by atoms with Gasteiger partial charge in [0.15, 0.2) is 5.11 Å². The van der Waals surface area contributed by atoms with Gasteiger partial charge in [-0.3, -0.25) is 9.78 Å². The van der Waals surface area contributed by atoms with Crippen molar-refractivity contribution in [2.24, 2.45) is 0 Å². The van der Waals surface area contributed by atoms with Gasteiger partial charge >= 0.3 is 0 Å². The summed E-state index contributed by atoms with van der Waals surface area (Å²) in [5.74, 6) is 0.742. The molecule has 1 aliphatic rings. The molecular formula is C29H29N5O2S. The van der Waals surface area contributed by atoms with Gasteiger partial charge in [-0.05, 0) is 79.8 Å². The molecule has 1 amide bonds. The smallest absolute Gasteiger partial charge is 0.226 e. The Labute approximate surface area is 222 Å². The maximum absolute atomic E-state index is 12.8. The molecule has 0 spiro atoms. The van der Waals surface area contributed by atoms with Crippen molar-refractivity contribution >= 4 is 28.9 Å². The lowest BCUT2D eigenvalue weighted by Crippen LogP contribution is -2.33. The van der Waals surface area contributed by atoms with Gasteiger partial charge in [-0.1, -0.05) is 23.8 Å². The van der Waals surface area contributed by atoms with Crippen LogP contribution in [0.2, 0.25) is 0 Å². The van der Waals surface area contributed by atoms with E-state index in [1.165, 1.54) is 0 Å². The Morgan fingerprint density at radius 3 is 2.54 bits per heavy atom. The van der Waals surface area contributed by atoms with Gasteiger partial charge in [0.1, 0.15) is 5.75 Å². The van der Waals surface area contributed by atoms with Crippen LogP contribution in [-0.4, -0.2) is 39.1 Å². The first-order valence-electron chi connectivity index (χ1n) is 12.2. The number of hydrogen-bond donors (Lipinski definition) is 2. The van der Waals surface area contributed by atoms with Crippen molar-refractivity contribution in [2.75, 3.05) is 19.0 Å². The van der Waals surface area contributed by atoms with E-state index in [0.717, 1.165) is 34.1 Å². The highest BCUT2D eigenvalue weighted by Crippen LogP contribution is 2.39. The summed E-state index contributed by atoms with van der Waals surface area (Å²) in [5.41, 5.74) is 4.88. The third-order valence-electron chi connectivity index (χ3n) is 6.55. The molecule has 4 aromatic rings. The van der Waals surface area contributed by atoms with Crippen molar-refractivity contribution < 1.29 is 9.53 Å². The van der Waals surface area contributed by atoms with E-state index in [0.29, 0.717) is 18.1 Å². The zero-order valence-electron chi connectivity index (χ0n) is 20.8. The number of rotatable bonds is 8. The number of amides is 1. The maximum Gasteiger partial charge on any atom is 0.226 e. The molecule has 1 aliphatic heterocycles. The molecule has 2 aromatic heterocycles. The molecule has 37 heavy (non-hydrogen) atoms. The molecule has 2 N–H and O–H groups in total. The van der Waals surface area contributed by atoms with Crippen LogP contribution in [-0.2, 0) is 4.79 Å². The third kappa shape index (κ3) is 5.34. The first-order valence-corrected chi connectivity index (χ1v) is 12.6. The van der Waals surface area contributed by atoms with Gasteiger partial charge in [0.2, 0.25) is 5.91 Å². The number of aryl methyl sites for hydroxylation is 1. The monoisotopic (exact) mass is 511 g/mol. The Morgan fingerprint density at radius 1 is 1.05 bits per heavy atom. The van der Waals surface area contributed by atoms with Crippen LogP contribution in [0.5, 0.6) is 5.75 Å². The first-order chi connectivity index (χ1) is 18.0. The normalized spacial score (nSPS) is 16.9. The van der Waals surface area contributed by atoms with E-state index in [9.17, 15) is 4.79 Å². The molecule has 0 radical (unpaired) electrons. The van der Waals surface area contributed by atoms with Gasteiger partial charge in [-0.25, -0.2) is 0 Å². The molecule has 0 bridgehead atoms. The quantitative estimate of drug-likeness (QED) is 0.317. The van der Waals surface area contributed by atoms with Gasteiger partial charge in [0.05, 0.1) is 24.9 Å². The second-order valence-corrected chi connectivity index (χ2v) is 9.37. The van der Waals surface area contributed by atoms with Crippen molar-refractivity contribution in [2.45, 2.75) is 25.4 Å². The molecule has 0 unspecified atom stereocenters. The Kier molecular flexibility index (Phi) is 7.18. The molecule has 188 valence electrons. The van der Waals surface area contributed by atoms with Crippen LogP contribution in [0, 0.1) is 6.92 Å². The topological polar surface area (TPSA) is 71.4 Å². The molecule has 2 aromatic carbocycles. The number of nitrogens with zero attached hydrogens (tertiary/aromatic N) is 3. The average molecular weight is 512 g/mol. The Balaban J connectivity index is 1.43. The van der Waals surface area contributed by atoms with Crippen LogP contribution in [0.1, 0.15) is 35.5 Å². The number of nitrogens with one attached hydrogen (secondary N) is 2. The second kappa shape index (κ2) is 10.8. The zero-order valence-corrected chi connectivity index (χ0v) is 21.6. The second-order valence-electron chi connectivity index (χ2n) is 8.99. The summed E-state index contributed by atoms with van der Waals surface area (Å²) in [4.78, 5) is 19.5. The van der Waals surface area contributed by atoms with Crippen molar-refractivity contribution in [1.82, 2.24) is 19.8 Å². The number of benzene rings is 2. The highest BCUT2D eigenvalue weighted by atomic mass is 32.1. The van der Waals surface area contributed by atoms with E-state index in [4.69, 9.17) is 17.0 Å². The number of thiocarbonyl (C=S) groups is 1. The van der Waals surface area contributed by atoms with Gasteiger partial charge in [-0.2, -0.15) is 0 Å². The van der Waals surface area contributed by atoms with Crippen molar-refractivity contribution in [3.8, 4) is 11.4 Å². The SMILES string of the molecule is COc1ccc(-n2cccc2[C@H]2[C@@H](c3ccccn3)NC(=S)N2CCC(=O)Nc2ccc(C)cc2)cc1. The fourth-order valence-electron chi connectivity index (χ4n) is 4.66. The third-order valence-corrected chi connectivity index (χ3v) is 6.90. The fraction of sp³-hybridized carbons (Fsp3) is 0.207. The van der Waals surface area contributed by atoms with Crippen LogP contribution in [0.4, 0.5) is 5.69 Å². The number of ether oxygens (including phenoxy) is 1. The average Bonchev–Trinajstić information content (AvgIpc) is 3.53. The predicted molar refractivity (Wildman–Crippen MR) is 149 cm³/mol. The van der Waals surface area contributed by atoms with E-state index in [-0.39, 0.29) is 18.0 Å². The van der Waals surface area contributed by atoms with Crippen molar-refractivity contribution in [3.05, 3.63) is 108 Å². The molecule has 1 saturated heterocycles. The summed E-state index contributed by atoms with van der Waals surface area (Å²) in [6, 6.07) is 25.4. The molecule has 3 heterocycles. The Hall–Kier alpha value is -4.17. The molecular weight excluding hydrogens is 482 g/mol. The minimum atomic E-state index is -0.166. The van der Waals surface area contributed by atoms with Crippen LogP contribution >= 0.6 is 12.2 Å². The van der Waals surface area contributed by atoms with Crippen LogP contribution in [0.3, 0.4) is 0 Å². The Bertz CT molecular complexity index is 1370. The number of carbonyl (C=O) groups is 1. The Morgan fingerprint density at radius 2 is 1.84 bits per heavy atom. The maximum atomic E-state index is 12.8. The number of carbonyl (C=O) groups excluding carboxylic acids is 1. The van der Waals surface area contributed by atoms with Gasteiger partial charge in [0.25, 0.3) is 0 Å². The van der Waals surface area contributed by atoms with Crippen molar-refractivity contribution in [1.29, 1.82) is 0 Å². The van der Waals surface area contributed by atoms with Crippen LogP contribution < -0.4 is 15.4 Å². The number of aromatic nitrogens is 2. The van der Waals surface area contributed by atoms with Gasteiger partial charge < -0.3 is 24.8 Å². The molecule has 0 aliphatic carbocycles. The van der Waals surface area contributed by atoms with E-state index in [1.54, 1.807) is 13.3 Å². The van der Waals surface area contributed by atoms with Crippen LogP contribution in [0.15, 0.2) is 91.3 Å². The molecule has 2 atom stereocenters. The highest BCUT2D eigenvalue weighted by molar-refractivity contribution is 7.80. The minimum absolute atomic E-state index is 0.0581. The zero-order chi connectivity index (χ0) is 25.8. The number of hydrogen-bond acceptors (Lipinski definition) is 4. The lowest BCUT2D eigenvalue weighted by Gasteiger charge is -2.29. The molecule has 8 heteroatoms. The summed E-state index contributed by atoms with van der Waals surface area (Å²) in [6.45, 7) is 2.48. The molecule has 1 fully saturated rings. The summed E-state index contributed by atoms with van der Waals surface area (Å²) in [7, 11) is 1.66. The van der Waals surface area contributed by atoms with E-state index >= 15 is 0 Å². The molecule has 5 rings (SSSR count). The van der Waals surface area contributed by atoms with Crippen molar-refractivity contribution in [3.63, 3.8) is 0 Å². The largest absolute Gasteiger partial charge is 0.497 e. The highest BCUT2D eigenvalue weighted by Gasteiger charge is 2.41.